The molecule has 3 aromatic carbocycles. The van der Waals surface area contributed by atoms with Gasteiger partial charge < -0.3 is 19.5 Å². The van der Waals surface area contributed by atoms with Crippen LogP contribution in [-0.2, 0) is 11.2 Å². The Morgan fingerprint density at radius 1 is 1.08 bits per heavy atom. The molecule has 2 N–H and O–H groups in total. The lowest BCUT2D eigenvalue weighted by Crippen LogP contribution is -2.32. The number of hydrogen-bond acceptors (Lipinski definition) is 5. The molecule has 0 bridgehead atoms. The normalized spacial score (nSPS) is 10.4. The maximum atomic E-state index is 12.5. The predicted molar refractivity (Wildman–Crippen MR) is 138 cm³/mol. The second-order valence-corrected chi connectivity index (χ2v) is 8.43. The first-order valence-corrected chi connectivity index (χ1v) is 11.6. The fraction of sp³-hybridized carbons (Fsp3) is 0.222. The number of aldehydes is 1. The Morgan fingerprint density at radius 3 is 2.50 bits per heavy atom. The van der Waals surface area contributed by atoms with Gasteiger partial charge in [-0.1, -0.05) is 54.1 Å². The number of likely N-dealkylation sites (N-methyl/N-ethyl adjacent to an activating group) is 1. The quantitative estimate of drug-likeness (QED) is 0.335. The van der Waals surface area contributed by atoms with Crippen LogP contribution < -0.4 is 14.8 Å². The average molecular weight is 511 g/mol. The Morgan fingerprint density at radius 2 is 1.83 bits per heavy atom. The summed E-state index contributed by atoms with van der Waals surface area (Å²) in [6.45, 7) is 0.254. The first-order chi connectivity index (χ1) is 17.3. The van der Waals surface area contributed by atoms with Gasteiger partial charge in [0.2, 0.25) is 0 Å². The number of carbonyl (C=O) groups excluding carboxylic acids is 2. The highest BCUT2D eigenvalue weighted by Gasteiger charge is 2.14. The highest BCUT2D eigenvalue weighted by molar-refractivity contribution is 6.32. The second-order valence-electron chi connectivity index (χ2n) is 8.03. The second kappa shape index (κ2) is 12.6. The summed E-state index contributed by atoms with van der Waals surface area (Å²) >= 11 is 6.14. The fourth-order valence-corrected chi connectivity index (χ4v) is 3.89. The number of carbonyl (C=O) groups is 3. The lowest BCUT2D eigenvalue weighted by molar-refractivity contribution is -0.132. The zero-order valence-electron chi connectivity index (χ0n) is 20.0. The van der Waals surface area contributed by atoms with E-state index in [0.29, 0.717) is 37.1 Å². The SMILES string of the molecule is COc1cc(OCC(=O)N(C)CCCc2ccc(-c3ccccc3)c(NC(=O)O)c2)c(Cl)cc1C=O. The third-order valence-electron chi connectivity index (χ3n) is 5.56. The highest BCUT2D eigenvalue weighted by atomic mass is 35.5. The molecule has 0 aliphatic rings. The van der Waals surface area contributed by atoms with Gasteiger partial charge in [0.05, 0.1) is 23.4 Å². The van der Waals surface area contributed by atoms with Crippen molar-refractivity contribution in [1.29, 1.82) is 0 Å². The molecule has 0 radical (unpaired) electrons. The summed E-state index contributed by atoms with van der Waals surface area (Å²) < 4.78 is 10.7. The number of benzene rings is 3. The molecule has 0 atom stereocenters. The Kier molecular flexibility index (Phi) is 9.30. The first kappa shape index (κ1) is 26.6. The lowest BCUT2D eigenvalue weighted by atomic mass is 9.99. The van der Waals surface area contributed by atoms with E-state index in [-0.39, 0.29) is 28.8 Å². The van der Waals surface area contributed by atoms with Gasteiger partial charge in [0.1, 0.15) is 11.5 Å². The number of carboxylic acid groups (broad SMARTS) is 1. The van der Waals surface area contributed by atoms with E-state index in [9.17, 15) is 19.5 Å². The van der Waals surface area contributed by atoms with Crippen LogP contribution in [0.1, 0.15) is 22.3 Å². The molecule has 0 aromatic heterocycles. The van der Waals surface area contributed by atoms with Crippen LogP contribution in [0.25, 0.3) is 11.1 Å². The van der Waals surface area contributed by atoms with Crippen LogP contribution >= 0.6 is 11.6 Å². The third-order valence-corrected chi connectivity index (χ3v) is 5.85. The zero-order chi connectivity index (χ0) is 26.1. The van der Waals surface area contributed by atoms with Gasteiger partial charge >= 0.3 is 6.09 Å². The molecule has 2 amide bonds. The van der Waals surface area contributed by atoms with Crippen molar-refractivity contribution in [2.24, 2.45) is 0 Å². The maximum Gasteiger partial charge on any atom is 0.409 e. The van der Waals surface area contributed by atoms with Crippen molar-refractivity contribution in [2.75, 3.05) is 32.6 Å². The molecule has 0 aliphatic heterocycles. The van der Waals surface area contributed by atoms with E-state index in [1.54, 1.807) is 11.9 Å². The molecule has 0 heterocycles. The van der Waals surface area contributed by atoms with Gasteiger partial charge in [-0.2, -0.15) is 0 Å². The lowest BCUT2D eigenvalue weighted by Gasteiger charge is -2.18. The highest BCUT2D eigenvalue weighted by Crippen LogP contribution is 2.32. The summed E-state index contributed by atoms with van der Waals surface area (Å²) in [7, 11) is 3.11. The first-order valence-electron chi connectivity index (χ1n) is 11.2. The van der Waals surface area contributed by atoms with Gasteiger partial charge in [-0.3, -0.25) is 14.9 Å². The molecule has 0 unspecified atom stereocenters. The van der Waals surface area contributed by atoms with Gasteiger partial charge in [0.25, 0.3) is 5.91 Å². The predicted octanol–water partition coefficient (Wildman–Crippen LogP) is 5.39. The van der Waals surface area contributed by atoms with Crippen molar-refractivity contribution in [2.45, 2.75) is 12.8 Å². The molecule has 8 nitrogen and oxygen atoms in total. The van der Waals surface area contributed by atoms with Crippen molar-refractivity contribution in [3.8, 4) is 22.6 Å². The van der Waals surface area contributed by atoms with Crippen molar-refractivity contribution in [3.05, 3.63) is 76.8 Å². The number of amides is 2. The molecule has 3 aromatic rings. The summed E-state index contributed by atoms with van der Waals surface area (Å²) in [5.74, 6) is 0.315. The van der Waals surface area contributed by atoms with Gasteiger partial charge in [0.15, 0.2) is 12.9 Å². The van der Waals surface area contributed by atoms with Crippen LogP contribution in [0.5, 0.6) is 11.5 Å². The summed E-state index contributed by atoms with van der Waals surface area (Å²) in [5.41, 5.74) is 3.46. The summed E-state index contributed by atoms with van der Waals surface area (Å²) in [5, 5.41) is 11.9. The molecule has 36 heavy (non-hydrogen) atoms. The van der Waals surface area contributed by atoms with Gasteiger partial charge in [-0.25, -0.2) is 4.79 Å². The fourth-order valence-electron chi connectivity index (χ4n) is 3.66. The topological polar surface area (TPSA) is 105 Å². The van der Waals surface area contributed by atoms with Crippen molar-refractivity contribution >= 4 is 35.6 Å². The monoisotopic (exact) mass is 510 g/mol. The summed E-state index contributed by atoms with van der Waals surface area (Å²) in [6.07, 6.45) is 0.817. The molecule has 9 heteroatoms. The average Bonchev–Trinajstić information content (AvgIpc) is 2.87. The third kappa shape index (κ3) is 6.99. The molecule has 0 fully saturated rings. The molecule has 0 saturated heterocycles. The number of anilines is 1. The van der Waals surface area contributed by atoms with Crippen molar-refractivity contribution in [3.63, 3.8) is 0 Å². The largest absolute Gasteiger partial charge is 0.496 e. The number of halogens is 1. The van der Waals surface area contributed by atoms with E-state index in [4.69, 9.17) is 21.1 Å². The molecule has 0 saturated carbocycles. The zero-order valence-corrected chi connectivity index (χ0v) is 20.7. The van der Waals surface area contributed by atoms with E-state index in [2.05, 4.69) is 5.32 Å². The smallest absolute Gasteiger partial charge is 0.409 e. The Hall–Kier alpha value is -4.04. The van der Waals surface area contributed by atoms with Crippen LogP contribution in [0, 0.1) is 0 Å². The molecular formula is C27H27ClN2O6. The summed E-state index contributed by atoms with van der Waals surface area (Å²) in [6, 6.07) is 18.1. The van der Waals surface area contributed by atoms with E-state index in [1.165, 1.54) is 19.2 Å². The standard InChI is InChI=1S/C27H27ClN2O6/c1-30(26(32)17-36-25-15-24(35-2)20(16-31)14-22(25)28)12-6-7-18-10-11-21(19-8-4-3-5-9-19)23(13-18)29-27(33)34/h3-5,8-11,13-16,29H,6-7,12,17H2,1-2H3,(H,33,34). The van der Waals surface area contributed by atoms with E-state index in [0.717, 1.165) is 16.7 Å². The van der Waals surface area contributed by atoms with Gasteiger partial charge in [-0.15, -0.1) is 0 Å². The van der Waals surface area contributed by atoms with E-state index in [1.807, 2.05) is 48.5 Å². The van der Waals surface area contributed by atoms with Crippen molar-refractivity contribution in [1.82, 2.24) is 4.90 Å². The maximum absolute atomic E-state index is 12.5. The van der Waals surface area contributed by atoms with Crippen molar-refractivity contribution < 1.29 is 29.0 Å². The number of hydrogen-bond donors (Lipinski definition) is 2. The van der Waals surface area contributed by atoms with E-state index >= 15 is 0 Å². The number of ether oxygens (including phenoxy) is 2. The van der Waals surface area contributed by atoms with Crippen LogP contribution in [-0.4, -0.2) is 55.6 Å². The minimum absolute atomic E-state index is 0.207. The van der Waals surface area contributed by atoms with Crippen LogP contribution in [0.4, 0.5) is 10.5 Å². The summed E-state index contributed by atoms with van der Waals surface area (Å²) in [4.78, 5) is 36.5. The van der Waals surface area contributed by atoms with Crippen LogP contribution in [0.2, 0.25) is 5.02 Å². The molecule has 3 rings (SSSR count). The van der Waals surface area contributed by atoms with E-state index < -0.39 is 6.09 Å². The number of nitrogens with zero attached hydrogens (tertiary/aromatic N) is 1. The number of aryl methyl sites for hydroxylation is 1. The minimum Gasteiger partial charge on any atom is -0.496 e. The number of methoxy groups -OCH3 is 1. The Labute approximate surface area is 214 Å². The minimum atomic E-state index is -1.13. The number of rotatable bonds is 11. The molecule has 0 aliphatic carbocycles. The molecule has 188 valence electrons. The molecular weight excluding hydrogens is 484 g/mol. The van der Waals surface area contributed by atoms with Crippen LogP contribution in [0.15, 0.2) is 60.7 Å². The Balaban J connectivity index is 1.57. The van der Waals surface area contributed by atoms with Gasteiger partial charge in [-0.05, 0) is 36.1 Å². The molecule has 0 spiro atoms. The van der Waals surface area contributed by atoms with Gasteiger partial charge in [0, 0.05) is 25.2 Å². The Bertz CT molecular complexity index is 1230. The number of nitrogens with one attached hydrogen (secondary N) is 1. The van der Waals surface area contributed by atoms with Crippen LogP contribution in [0.3, 0.4) is 0 Å².